The Bertz CT molecular complexity index is 867. The Morgan fingerprint density at radius 2 is 1.96 bits per heavy atom. The summed E-state index contributed by atoms with van der Waals surface area (Å²) in [6.45, 7) is 1.44. The summed E-state index contributed by atoms with van der Waals surface area (Å²) in [5.41, 5.74) is 1.74. The van der Waals surface area contributed by atoms with Crippen molar-refractivity contribution < 1.29 is 9.13 Å². The van der Waals surface area contributed by atoms with Crippen LogP contribution in [0.3, 0.4) is 0 Å². The van der Waals surface area contributed by atoms with E-state index in [1.807, 2.05) is 0 Å². The number of fused-ring (bicyclic) bond motifs is 1. The van der Waals surface area contributed by atoms with Crippen molar-refractivity contribution in [3.8, 4) is 0 Å². The molecule has 3 aromatic rings. The van der Waals surface area contributed by atoms with Crippen LogP contribution in [0.25, 0.3) is 11.2 Å². The molecule has 128 valence electrons. The second kappa shape index (κ2) is 6.94. The highest BCUT2D eigenvalue weighted by molar-refractivity contribution is 5.85. The molecule has 1 aromatic carbocycles. The van der Waals surface area contributed by atoms with E-state index in [2.05, 4.69) is 30.6 Å². The minimum atomic E-state index is -0.295. The van der Waals surface area contributed by atoms with Crippen LogP contribution < -0.4 is 10.6 Å². The van der Waals surface area contributed by atoms with Gasteiger partial charge in [-0.2, -0.15) is 9.97 Å². The number of ether oxygens (including phenoxy) is 1. The second-order valence-corrected chi connectivity index (χ2v) is 5.77. The van der Waals surface area contributed by atoms with E-state index in [9.17, 15) is 4.39 Å². The van der Waals surface area contributed by atoms with Crippen LogP contribution in [0.2, 0.25) is 0 Å². The average Bonchev–Trinajstić information content (AvgIpc) is 3.15. The summed E-state index contributed by atoms with van der Waals surface area (Å²) in [6, 6.07) is 6.04. The summed E-state index contributed by atoms with van der Waals surface area (Å²) in [5, 5.41) is 6.35. The highest BCUT2D eigenvalue weighted by atomic mass is 19.1. The van der Waals surface area contributed by atoms with Crippen LogP contribution in [0.1, 0.15) is 12.8 Å². The lowest BCUT2D eigenvalue weighted by molar-refractivity contribution is 0.120. The van der Waals surface area contributed by atoms with E-state index < -0.39 is 0 Å². The molecule has 1 saturated heterocycles. The molecule has 2 aromatic heterocycles. The van der Waals surface area contributed by atoms with Crippen LogP contribution in [-0.2, 0) is 4.74 Å². The predicted molar refractivity (Wildman–Crippen MR) is 92.3 cm³/mol. The van der Waals surface area contributed by atoms with Gasteiger partial charge in [-0.15, -0.1) is 0 Å². The van der Waals surface area contributed by atoms with Crippen molar-refractivity contribution in [2.75, 3.05) is 23.8 Å². The van der Waals surface area contributed by atoms with Crippen molar-refractivity contribution in [1.29, 1.82) is 0 Å². The van der Waals surface area contributed by atoms with Gasteiger partial charge >= 0.3 is 0 Å². The molecule has 1 aliphatic heterocycles. The van der Waals surface area contributed by atoms with Crippen LogP contribution in [0.5, 0.6) is 0 Å². The van der Waals surface area contributed by atoms with Crippen LogP contribution in [0.15, 0.2) is 36.7 Å². The van der Waals surface area contributed by atoms with Crippen molar-refractivity contribution in [3.63, 3.8) is 0 Å². The minimum absolute atomic E-state index is 0.176. The molecule has 1 atom stereocenters. The van der Waals surface area contributed by atoms with Crippen molar-refractivity contribution in [2.24, 2.45) is 0 Å². The highest BCUT2D eigenvalue weighted by Gasteiger charge is 2.16. The van der Waals surface area contributed by atoms with E-state index in [0.717, 1.165) is 19.4 Å². The third kappa shape index (κ3) is 3.63. The topological polar surface area (TPSA) is 84.9 Å². The molecule has 0 bridgehead atoms. The Balaban J connectivity index is 1.62. The minimum Gasteiger partial charge on any atom is -0.376 e. The fourth-order valence-electron chi connectivity index (χ4n) is 2.71. The lowest BCUT2D eigenvalue weighted by Crippen LogP contribution is -2.20. The van der Waals surface area contributed by atoms with E-state index in [0.29, 0.717) is 35.2 Å². The maximum absolute atomic E-state index is 13.1. The Kier molecular flexibility index (Phi) is 4.34. The second-order valence-electron chi connectivity index (χ2n) is 5.77. The molecule has 4 rings (SSSR count). The Hall–Kier alpha value is -2.87. The van der Waals surface area contributed by atoms with Gasteiger partial charge in [0.05, 0.1) is 6.10 Å². The molecule has 0 spiro atoms. The summed E-state index contributed by atoms with van der Waals surface area (Å²) in [5.74, 6) is 0.671. The van der Waals surface area contributed by atoms with Gasteiger partial charge in [0, 0.05) is 31.2 Å². The first-order valence-electron chi connectivity index (χ1n) is 8.15. The summed E-state index contributed by atoms with van der Waals surface area (Å²) in [4.78, 5) is 17.4. The third-order valence-corrected chi connectivity index (χ3v) is 3.95. The van der Waals surface area contributed by atoms with Gasteiger partial charge in [0.2, 0.25) is 5.95 Å². The van der Waals surface area contributed by atoms with E-state index in [-0.39, 0.29) is 11.9 Å². The molecule has 3 heterocycles. The number of halogens is 1. The molecular formula is C17H17FN6O. The molecule has 1 unspecified atom stereocenters. The van der Waals surface area contributed by atoms with Crippen LogP contribution >= 0.6 is 0 Å². The molecule has 1 fully saturated rings. The van der Waals surface area contributed by atoms with E-state index in [4.69, 9.17) is 4.74 Å². The molecule has 1 aliphatic rings. The summed E-state index contributed by atoms with van der Waals surface area (Å²) in [6.07, 6.45) is 5.45. The number of hydrogen-bond acceptors (Lipinski definition) is 7. The van der Waals surface area contributed by atoms with Crippen molar-refractivity contribution >= 4 is 28.6 Å². The van der Waals surface area contributed by atoms with Gasteiger partial charge in [-0.3, -0.25) is 0 Å². The van der Waals surface area contributed by atoms with Crippen LogP contribution in [-0.4, -0.2) is 39.2 Å². The first-order chi connectivity index (χ1) is 12.3. The molecule has 0 amide bonds. The fraction of sp³-hybridized carbons (Fsp3) is 0.294. The number of aromatic nitrogens is 4. The first kappa shape index (κ1) is 15.6. The maximum Gasteiger partial charge on any atom is 0.226 e. The van der Waals surface area contributed by atoms with Gasteiger partial charge in [-0.05, 0) is 37.1 Å². The smallest absolute Gasteiger partial charge is 0.226 e. The number of anilines is 3. The van der Waals surface area contributed by atoms with Crippen molar-refractivity contribution in [1.82, 2.24) is 19.9 Å². The summed E-state index contributed by atoms with van der Waals surface area (Å²) >= 11 is 0. The Labute approximate surface area is 143 Å². The zero-order valence-electron chi connectivity index (χ0n) is 13.4. The molecule has 2 N–H and O–H groups in total. The van der Waals surface area contributed by atoms with E-state index in [1.165, 1.54) is 12.1 Å². The molecule has 7 nitrogen and oxygen atoms in total. The zero-order valence-corrected chi connectivity index (χ0v) is 13.4. The number of nitrogens with one attached hydrogen (secondary N) is 2. The van der Waals surface area contributed by atoms with Gasteiger partial charge in [0.15, 0.2) is 17.0 Å². The number of benzene rings is 1. The molecule has 8 heteroatoms. The molecule has 0 saturated carbocycles. The SMILES string of the molecule is Fc1ccc(Nc2nc(NCC3CCCO3)nc3nccnc23)cc1. The van der Waals surface area contributed by atoms with Crippen molar-refractivity contribution in [3.05, 3.63) is 42.5 Å². The Morgan fingerprint density at radius 1 is 1.12 bits per heavy atom. The van der Waals surface area contributed by atoms with Gasteiger partial charge in [0.25, 0.3) is 0 Å². The number of hydrogen-bond donors (Lipinski definition) is 2. The zero-order chi connectivity index (χ0) is 17.1. The lowest BCUT2D eigenvalue weighted by atomic mass is 10.2. The molecular weight excluding hydrogens is 323 g/mol. The monoisotopic (exact) mass is 340 g/mol. The standard InChI is InChI=1S/C17H17FN6O/c18-11-3-5-12(6-4-11)22-16-14-15(20-8-7-19-14)23-17(24-16)21-10-13-2-1-9-25-13/h3-8,13H,1-2,9-10H2,(H2,20,21,22,23,24). The van der Waals surface area contributed by atoms with Gasteiger partial charge in [-0.1, -0.05) is 0 Å². The maximum atomic E-state index is 13.1. The summed E-state index contributed by atoms with van der Waals surface area (Å²) < 4.78 is 18.7. The highest BCUT2D eigenvalue weighted by Crippen LogP contribution is 2.23. The first-order valence-corrected chi connectivity index (χ1v) is 8.15. The van der Waals surface area contributed by atoms with Gasteiger partial charge < -0.3 is 15.4 Å². The quantitative estimate of drug-likeness (QED) is 0.738. The molecule has 25 heavy (non-hydrogen) atoms. The van der Waals surface area contributed by atoms with E-state index >= 15 is 0 Å². The predicted octanol–water partition coefficient (Wildman–Crippen LogP) is 2.89. The molecule has 0 radical (unpaired) electrons. The average molecular weight is 340 g/mol. The van der Waals surface area contributed by atoms with Crippen molar-refractivity contribution in [2.45, 2.75) is 18.9 Å². The molecule has 0 aliphatic carbocycles. The fourth-order valence-corrected chi connectivity index (χ4v) is 2.71. The number of rotatable bonds is 5. The van der Waals surface area contributed by atoms with Gasteiger partial charge in [-0.25, -0.2) is 14.4 Å². The van der Waals surface area contributed by atoms with Gasteiger partial charge in [0.1, 0.15) is 5.82 Å². The van der Waals surface area contributed by atoms with Crippen LogP contribution in [0, 0.1) is 5.82 Å². The van der Waals surface area contributed by atoms with Crippen LogP contribution in [0.4, 0.5) is 21.8 Å². The Morgan fingerprint density at radius 3 is 2.76 bits per heavy atom. The lowest BCUT2D eigenvalue weighted by Gasteiger charge is -2.13. The third-order valence-electron chi connectivity index (χ3n) is 3.95. The van der Waals surface area contributed by atoms with E-state index in [1.54, 1.807) is 24.5 Å². The number of nitrogens with zero attached hydrogens (tertiary/aromatic N) is 4. The normalized spacial score (nSPS) is 16.9. The largest absolute Gasteiger partial charge is 0.376 e. The summed E-state index contributed by atoms with van der Waals surface area (Å²) in [7, 11) is 0.